The fourth-order valence-electron chi connectivity index (χ4n) is 1.67. The number of carbonyl (C=O) groups is 1. The Balaban J connectivity index is 2.02. The van der Waals surface area contributed by atoms with E-state index in [2.05, 4.69) is 15.0 Å². The molecular weight excluding hydrogens is 280 g/mol. The van der Waals surface area contributed by atoms with Gasteiger partial charge >= 0.3 is 6.61 Å². The maximum Gasteiger partial charge on any atom is 0.387 e. The van der Waals surface area contributed by atoms with Gasteiger partial charge in [0.1, 0.15) is 11.4 Å². The minimum absolute atomic E-state index is 0.0260. The van der Waals surface area contributed by atoms with Crippen molar-refractivity contribution >= 4 is 11.6 Å². The van der Waals surface area contributed by atoms with Crippen LogP contribution >= 0.6 is 0 Å². The number of para-hydroxylation sites is 1. The molecule has 3 N–H and O–H groups in total. The molecule has 0 spiro atoms. The van der Waals surface area contributed by atoms with E-state index < -0.39 is 12.5 Å². The summed E-state index contributed by atoms with van der Waals surface area (Å²) in [6.07, 6.45) is 1.36. The number of pyridine rings is 1. The summed E-state index contributed by atoms with van der Waals surface area (Å²) in [5.74, 6) is -0.403. The molecule has 0 aliphatic rings. The van der Waals surface area contributed by atoms with E-state index in [4.69, 9.17) is 5.73 Å². The van der Waals surface area contributed by atoms with E-state index in [0.717, 1.165) is 0 Å². The van der Waals surface area contributed by atoms with Crippen LogP contribution in [0.15, 0.2) is 42.6 Å². The van der Waals surface area contributed by atoms with Gasteiger partial charge in [-0.2, -0.15) is 8.78 Å². The summed E-state index contributed by atoms with van der Waals surface area (Å²) in [5, 5.41) is 2.58. The van der Waals surface area contributed by atoms with Crippen molar-refractivity contribution in [3.05, 3.63) is 53.9 Å². The maximum absolute atomic E-state index is 12.3. The number of amides is 1. The lowest BCUT2D eigenvalue weighted by Crippen LogP contribution is -2.24. The number of nitrogens with one attached hydrogen (secondary N) is 1. The van der Waals surface area contributed by atoms with Crippen LogP contribution in [-0.4, -0.2) is 17.5 Å². The van der Waals surface area contributed by atoms with Crippen LogP contribution in [0, 0.1) is 0 Å². The van der Waals surface area contributed by atoms with Gasteiger partial charge in [-0.05, 0) is 18.2 Å². The van der Waals surface area contributed by atoms with Crippen molar-refractivity contribution in [3.8, 4) is 5.75 Å². The first-order valence-electron chi connectivity index (χ1n) is 6.08. The Labute approximate surface area is 119 Å². The number of nitrogens with two attached hydrogens (primary N) is 1. The number of hydrogen-bond acceptors (Lipinski definition) is 4. The molecule has 21 heavy (non-hydrogen) atoms. The molecule has 2 aromatic rings. The van der Waals surface area contributed by atoms with Crippen LogP contribution in [0.2, 0.25) is 0 Å². The van der Waals surface area contributed by atoms with Crippen LogP contribution in [0.3, 0.4) is 0 Å². The molecule has 0 bridgehead atoms. The number of halogens is 2. The number of aromatic nitrogens is 1. The average molecular weight is 293 g/mol. The van der Waals surface area contributed by atoms with Crippen LogP contribution in [0.5, 0.6) is 5.75 Å². The molecule has 0 aliphatic carbocycles. The van der Waals surface area contributed by atoms with Gasteiger partial charge in [0.15, 0.2) is 0 Å². The summed E-state index contributed by atoms with van der Waals surface area (Å²) in [7, 11) is 0. The zero-order valence-electron chi connectivity index (χ0n) is 10.9. The number of rotatable bonds is 5. The second-order valence-electron chi connectivity index (χ2n) is 4.15. The third-order valence-corrected chi connectivity index (χ3v) is 2.65. The normalized spacial score (nSPS) is 10.4. The fraction of sp³-hybridized carbons (Fsp3) is 0.143. The third-order valence-electron chi connectivity index (χ3n) is 2.65. The summed E-state index contributed by atoms with van der Waals surface area (Å²) in [6.45, 7) is -2.87. The first kappa shape index (κ1) is 14.7. The van der Waals surface area contributed by atoms with Gasteiger partial charge in [-0.25, -0.2) is 4.98 Å². The van der Waals surface area contributed by atoms with Crippen molar-refractivity contribution in [2.75, 3.05) is 5.73 Å². The Morgan fingerprint density at radius 2 is 2.05 bits per heavy atom. The van der Waals surface area contributed by atoms with Crippen molar-refractivity contribution in [2.45, 2.75) is 13.2 Å². The molecule has 7 heteroatoms. The van der Waals surface area contributed by atoms with Gasteiger partial charge in [0.25, 0.3) is 5.91 Å². The summed E-state index contributed by atoms with van der Waals surface area (Å²) in [4.78, 5) is 15.7. The molecule has 1 amide bonds. The molecule has 0 saturated heterocycles. The smallest absolute Gasteiger partial charge is 0.387 e. The minimum atomic E-state index is -2.92. The molecular formula is C14H13F2N3O2. The predicted molar refractivity (Wildman–Crippen MR) is 72.9 cm³/mol. The molecule has 5 nitrogen and oxygen atoms in total. The van der Waals surface area contributed by atoms with E-state index in [-0.39, 0.29) is 18.0 Å². The molecule has 0 saturated carbocycles. The SMILES string of the molecule is Nc1ccc(C(=O)NCc2ccccc2OC(F)F)nc1. The van der Waals surface area contributed by atoms with Crippen molar-refractivity contribution in [2.24, 2.45) is 0 Å². The topological polar surface area (TPSA) is 77.2 Å². The summed E-state index contributed by atoms with van der Waals surface area (Å²) < 4.78 is 28.9. The predicted octanol–water partition coefficient (Wildman–Crippen LogP) is 2.20. The lowest BCUT2D eigenvalue weighted by molar-refractivity contribution is -0.0504. The van der Waals surface area contributed by atoms with Crippen LogP contribution in [-0.2, 0) is 6.54 Å². The van der Waals surface area contributed by atoms with Crippen LogP contribution in [0.4, 0.5) is 14.5 Å². The largest absolute Gasteiger partial charge is 0.434 e. The molecule has 0 radical (unpaired) electrons. The number of nitrogens with zero attached hydrogens (tertiary/aromatic N) is 1. The van der Waals surface area contributed by atoms with Crippen molar-refractivity contribution in [1.29, 1.82) is 0 Å². The van der Waals surface area contributed by atoms with E-state index in [1.807, 2.05) is 0 Å². The zero-order chi connectivity index (χ0) is 15.2. The fourth-order valence-corrected chi connectivity index (χ4v) is 1.67. The average Bonchev–Trinajstić information content (AvgIpc) is 2.46. The number of nitrogen functional groups attached to an aromatic ring is 1. The Bertz CT molecular complexity index is 618. The van der Waals surface area contributed by atoms with Crippen molar-refractivity contribution < 1.29 is 18.3 Å². The molecule has 0 unspecified atom stereocenters. The molecule has 0 fully saturated rings. The molecule has 1 aromatic carbocycles. The third kappa shape index (κ3) is 4.13. The van der Waals surface area contributed by atoms with Crippen molar-refractivity contribution in [3.63, 3.8) is 0 Å². The molecule has 0 aliphatic heterocycles. The highest BCUT2D eigenvalue weighted by atomic mass is 19.3. The lowest BCUT2D eigenvalue weighted by atomic mass is 10.2. The first-order valence-corrected chi connectivity index (χ1v) is 6.08. The van der Waals surface area contributed by atoms with E-state index in [1.165, 1.54) is 18.3 Å². The zero-order valence-corrected chi connectivity index (χ0v) is 10.9. The van der Waals surface area contributed by atoms with E-state index >= 15 is 0 Å². The van der Waals surface area contributed by atoms with E-state index in [0.29, 0.717) is 11.3 Å². The highest BCUT2D eigenvalue weighted by Gasteiger charge is 2.11. The maximum atomic E-state index is 12.3. The number of benzene rings is 1. The Hall–Kier alpha value is -2.70. The quantitative estimate of drug-likeness (QED) is 0.886. The standard InChI is InChI=1S/C14H13F2N3O2/c15-14(16)21-12-4-2-1-3-9(12)7-19-13(20)11-6-5-10(17)8-18-11/h1-6,8,14H,7,17H2,(H,19,20). The van der Waals surface area contributed by atoms with Gasteiger partial charge in [0.05, 0.1) is 11.9 Å². The molecule has 0 atom stereocenters. The van der Waals surface area contributed by atoms with Crippen LogP contribution < -0.4 is 15.8 Å². The van der Waals surface area contributed by atoms with Gasteiger partial charge in [0.2, 0.25) is 0 Å². The van der Waals surface area contributed by atoms with Crippen LogP contribution in [0.25, 0.3) is 0 Å². The summed E-state index contributed by atoms with van der Waals surface area (Å²) in [5.41, 5.74) is 6.56. The van der Waals surface area contributed by atoms with Gasteiger partial charge in [-0.3, -0.25) is 4.79 Å². The highest BCUT2D eigenvalue weighted by Crippen LogP contribution is 2.20. The van der Waals surface area contributed by atoms with Crippen LogP contribution in [0.1, 0.15) is 16.1 Å². The second-order valence-corrected chi connectivity index (χ2v) is 4.15. The summed E-state index contributed by atoms with van der Waals surface area (Å²) >= 11 is 0. The van der Waals surface area contributed by atoms with E-state index in [9.17, 15) is 13.6 Å². The monoisotopic (exact) mass is 293 g/mol. The number of ether oxygens (including phenoxy) is 1. The van der Waals surface area contributed by atoms with Crippen molar-refractivity contribution in [1.82, 2.24) is 10.3 Å². The number of alkyl halides is 2. The molecule has 2 rings (SSSR count). The van der Waals surface area contributed by atoms with Gasteiger partial charge in [-0.15, -0.1) is 0 Å². The number of hydrogen-bond donors (Lipinski definition) is 2. The van der Waals surface area contributed by atoms with E-state index in [1.54, 1.807) is 24.3 Å². The molecule has 1 aromatic heterocycles. The Morgan fingerprint density at radius 3 is 2.71 bits per heavy atom. The minimum Gasteiger partial charge on any atom is -0.434 e. The number of carbonyl (C=O) groups excluding carboxylic acids is 1. The van der Waals surface area contributed by atoms with Gasteiger partial charge < -0.3 is 15.8 Å². The number of anilines is 1. The lowest BCUT2D eigenvalue weighted by Gasteiger charge is -2.11. The second kappa shape index (κ2) is 6.65. The molecule has 110 valence electrons. The molecule has 1 heterocycles. The highest BCUT2D eigenvalue weighted by molar-refractivity contribution is 5.92. The summed E-state index contributed by atoms with van der Waals surface area (Å²) in [6, 6.07) is 9.28. The Morgan fingerprint density at radius 1 is 1.29 bits per heavy atom. The Kier molecular flexibility index (Phi) is 4.65. The van der Waals surface area contributed by atoms with Gasteiger partial charge in [-0.1, -0.05) is 18.2 Å². The van der Waals surface area contributed by atoms with Gasteiger partial charge in [0, 0.05) is 12.1 Å². The first-order chi connectivity index (χ1) is 10.1.